The average molecular weight is 361 g/mol. The summed E-state index contributed by atoms with van der Waals surface area (Å²) >= 11 is 6.05. The fraction of sp³-hybridized carbons (Fsp3) is 0.389. The summed E-state index contributed by atoms with van der Waals surface area (Å²) in [6.45, 7) is 1.44. The van der Waals surface area contributed by atoms with Gasteiger partial charge in [0.2, 0.25) is 5.91 Å². The predicted octanol–water partition coefficient (Wildman–Crippen LogP) is 2.08. The van der Waals surface area contributed by atoms with Crippen molar-refractivity contribution in [3.63, 3.8) is 0 Å². The van der Waals surface area contributed by atoms with Gasteiger partial charge < -0.3 is 10.2 Å². The van der Waals surface area contributed by atoms with Gasteiger partial charge in [-0.3, -0.25) is 9.59 Å². The Balaban J connectivity index is 1.55. The number of nitrogens with zero attached hydrogens (tertiary/aromatic N) is 3. The van der Waals surface area contributed by atoms with Crippen LogP contribution in [0.15, 0.2) is 41.3 Å². The Labute approximate surface area is 151 Å². The molecule has 0 aliphatic carbocycles. The first-order chi connectivity index (χ1) is 12.1. The van der Waals surface area contributed by atoms with Gasteiger partial charge in [-0.15, -0.1) is 0 Å². The molecule has 2 heterocycles. The Morgan fingerprint density at radius 2 is 2.04 bits per heavy atom. The summed E-state index contributed by atoms with van der Waals surface area (Å²) in [7, 11) is 1.53. The number of carbonyl (C=O) groups is 1. The highest BCUT2D eigenvalue weighted by atomic mass is 35.5. The summed E-state index contributed by atoms with van der Waals surface area (Å²) in [5, 5.41) is 7.07. The van der Waals surface area contributed by atoms with Crippen LogP contribution in [-0.2, 0) is 18.3 Å². The van der Waals surface area contributed by atoms with Crippen LogP contribution in [0.4, 0.5) is 5.69 Å². The highest BCUT2D eigenvalue weighted by Crippen LogP contribution is 2.21. The van der Waals surface area contributed by atoms with E-state index in [1.807, 2.05) is 23.1 Å². The number of aryl methyl sites for hydroxylation is 2. The van der Waals surface area contributed by atoms with Crippen molar-refractivity contribution >= 4 is 23.2 Å². The molecule has 0 radical (unpaired) electrons. The largest absolute Gasteiger partial charge is 0.371 e. The van der Waals surface area contributed by atoms with Crippen LogP contribution < -0.4 is 10.9 Å². The Morgan fingerprint density at radius 3 is 2.80 bits per heavy atom. The molecule has 1 amide bonds. The maximum Gasteiger partial charge on any atom is 0.287 e. The van der Waals surface area contributed by atoms with E-state index < -0.39 is 0 Å². The lowest BCUT2D eigenvalue weighted by Gasteiger charge is -2.18. The molecule has 1 atom stereocenters. The quantitative estimate of drug-likeness (QED) is 0.856. The first kappa shape index (κ1) is 17.5. The Bertz CT molecular complexity index is 806. The van der Waals surface area contributed by atoms with Crippen molar-refractivity contribution in [2.45, 2.75) is 25.3 Å². The van der Waals surface area contributed by atoms with Crippen molar-refractivity contribution in [3.05, 3.63) is 57.5 Å². The second-order valence-corrected chi connectivity index (χ2v) is 6.58. The molecule has 1 aromatic carbocycles. The number of likely N-dealkylation sites (tertiary alicyclic amines) is 1. The number of benzene rings is 1. The van der Waals surface area contributed by atoms with Gasteiger partial charge in [0.1, 0.15) is 11.1 Å². The molecule has 1 aliphatic heterocycles. The van der Waals surface area contributed by atoms with Gasteiger partial charge >= 0.3 is 0 Å². The molecular weight excluding hydrogens is 340 g/mol. The van der Waals surface area contributed by atoms with E-state index in [1.54, 1.807) is 0 Å². The number of rotatable bonds is 6. The fourth-order valence-corrected chi connectivity index (χ4v) is 3.24. The zero-order chi connectivity index (χ0) is 17.8. The van der Waals surface area contributed by atoms with Crippen molar-refractivity contribution in [2.24, 2.45) is 7.05 Å². The monoisotopic (exact) mass is 360 g/mol. The Kier molecular flexibility index (Phi) is 5.38. The molecule has 0 bridgehead atoms. The first-order valence-electron chi connectivity index (χ1n) is 8.37. The lowest BCUT2D eigenvalue weighted by atomic mass is 10.1. The van der Waals surface area contributed by atoms with E-state index in [9.17, 15) is 9.59 Å². The Morgan fingerprint density at radius 1 is 1.28 bits per heavy atom. The number of halogens is 1. The summed E-state index contributed by atoms with van der Waals surface area (Å²) in [4.78, 5) is 26.2. The van der Waals surface area contributed by atoms with Gasteiger partial charge in [-0.05, 0) is 24.8 Å². The van der Waals surface area contributed by atoms with Gasteiger partial charge in [0, 0.05) is 20.1 Å². The van der Waals surface area contributed by atoms with Crippen LogP contribution in [0.5, 0.6) is 0 Å². The van der Waals surface area contributed by atoms with Gasteiger partial charge in [0.15, 0.2) is 0 Å². The van der Waals surface area contributed by atoms with E-state index >= 15 is 0 Å². The highest BCUT2D eigenvalue weighted by molar-refractivity contribution is 6.33. The topological polar surface area (TPSA) is 67.2 Å². The number of anilines is 1. The molecule has 0 spiro atoms. The van der Waals surface area contributed by atoms with E-state index in [-0.39, 0.29) is 22.5 Å². The van der Waals surface area contributed by atoms with Gasteiger partial charge in [0.25, 0.3) is 5.56 Å². The number of hydrogen-bond donors (Lipinski definition) is 1. The number of aromatic nitrogens is 2. The molecule has 0 saturated carbocycles. The molecule has 3 rings (SSSR count). The third-order valence-electron chi connectivity index (χ3n) is 4.44. The zero-order valence-corrected chi connectivity index (χ0v) is 14.9. The minimum absolute atomic E-state index is 0.0461. The number of amides is 1. The standard InChI is InChI=1S/C18H21ClN4O2/c1-22-18(25)16(19)15(12-20-22)21-14-9-11-23(17(14)24)10-5-8-13-6-3-2-4-7-13/h2-4,6-7,12,14,21H,5,8-11H2,1H3. The molecule has 1 aromatic heterocycles. The first-order valence-corrected chi connectivity index (χ1v) is 8.75. The van der Waals surface area contributed by atoms with E-state index in [0.29, 0.717) is 18.7 Å². The zero-order valence-electron chi connectivity index (χ0n) is 14.1. The lowest BCUT2D eigenvalue weighted by Crippen LogP contribution is -2.35. The SMILES string of the molecule is Cn1ncc(NC2CCN(CCCc3ccccc3)C2=O)c(Cl)c1=O. The van der Waals surface area contributed by atoms with Crippen molar-refractivity contribution in [1.82, 2.24) is 14.7 Å². The molecule has 1 fully saturated rings. The normalized spacial score (nSPS) is 17.1. The molecule has 1 saturated heterocycles. The summed E-state index contributed by atoms with van der Waals surface area (Å²) < 4.78 is 1.17. The van der Waals surface area contributed by atoms with Crippen LogP contribution >= 0.6 is 11.6 Å². The minimum Gasteiger partial charge on any atom is -0.371 e. The molecule has 1 N–H and O–H groups in total. The average Bonchev–Trinajstić information content (AvgIpc) is 2.97. The van der Waals surface area contributed by atoms with Crippen molar-refractivity contribution in [3.8, 4) is 0 Å². The lowest BCUT2D eigenvalue weighted by molar-refractivity contribution is -0.128. The third-order valence-corrected chi connectivity index (χ3v) is 4.81. The van der Waals surface area contributed by atoms with Gasteiger partial charge in [-0.2, -0.15) is 5.10 Å². The van der Waals surface area contributed by atoms with Crippen LogP contribution in [-0.4, -0.2) is 39.7 Å². The highest BCUT2D eigenvalue weighted by Gasteiger charge is 2.31. The van der Waals surface area contributed by atoms with Gasteiger partial charge in [-0.1, -0.05) is 41.9 Å². The van der Waals surface area contributed by atoms with E-state index in [2.05, 4.69) is 22.5 Å². The van der Waals surface area contributed by atoms with Crippen LogP contribution in [0.25, 0.3) is 0 Å². The van der Waals surface area contributed by atoms with Crippen LogP contribution in [0.2, 0.25) is 5.02 Å². The molecular formula is C18H21ClN4O2. The maximum atomic E-state index is 12.5. The summed E-state index contributed by atoms with van der Waals surface area (Å²) in [5.74, 6) is 0.0461. The van der Waals surface area contributed by atoms with Crippen molar-refractivity contribution in [1.29, 1.82) is 0 Å². The molecule has 1 unspecified atom stereocenters. The molecule has 132 valence electrons. The third kappa shape index (κ3) is 4.02. The molecule has 6 nitrogen and oxygen atoms in total. The molecule has 25 heavy (non-hydrogen) atoms. The summed E-state index contributed by atoms with van der Waals surface area (Å²) in [6.07, 6.45) is 4.05. The van der Waals surface area contributed by atoms with E-state index in [0.717, 1.165) is 19.4 Å². The minimum atomic E-state index is -0.378. The number of hydrogen-bond acceptors (Lipinski definition) is 4. The number of nitrogens with one attached hydrogen (secondary N) is 1. The van der Waals surface area contributed by atoms with Crippen LogP contribution in [0.1, 0.15) is 18.4 Å². The van der Waals surface area contributed by atoms with E-state index in [1.165, 1.54) is 23.5 Å². The summed E-state index contributed by atoms with van der Waals surface area (Å²) in [6, 6.07) is 9.89. The Hall–Kier alpha value is -2.34. The van der Waals surface area contributed by atoms with Gasteiger partial charge in [-0.25, -0.2) is 4.68 Å². The predicted molar refractivity (Wildman–Crippen MR) is 97.9 cm³/mol. The smallest absolute Gasteiger partial charge is 0.287 e. The fourth-order valence-electron chi connectivity index (χ4n) is 3.01. The van der Waals surface area contributed by atoms with Crippen LogP contribution in [0.3, 0.4) is 0 Å². The van der Waals surface area contributed by atoms with Crippen molar-refractivity contribution < 1.29 is 4.79 Å². The van der Waals surface area contributed by atoms with Crippen molar-refractivity contribution in [2.75, 3.05) is 18.4 Å². The molecule has 7 heteroatoms. The molecule has 1 aliphatic rings. The maximum absolute atomic E-state index is 12.5. The second kappa shape index (κ2) is 7.70. The summed E-state index contributed by atoms with van der Waals surface area (Å²) in [5.41, 5.74) is 1.31. The van der Waals surface area contributed by atoms with Crippen LogP contribution in [0, 0.1) is 0 Å². The van der Waals surface area contributed by atoms with E-state index in [4.69, 9.17) is 11.6 Å². The second-order valence-electron chi connectivity index (χ2n) is 6.20. The molecule has 2 aromatic rings. The van der Waals surface area contributed by atoms with Gasteiger partial charge in [0.05, 0.1) is 11.9 Å². The number of carbonyl (C=O) groups excluding carboxylic acids is 1.